The Morgan fingerprint density at radius 1 is 1.21 bits per heavy atom. The van der Waals surface area contributed by atoms with Gasteiger partial charge in [-0.05, 0) is 38.1 Å². The molecule has 0 saturated heterocycles. The molecule has 1 heterocycles. The Morgan fingerprint density at radius 2 is 1.88 bits per heavy atom. The first-order valence-corrected chi connectivity index (χ1v) is 9.18. The fraction of sp³-hybridized carbons (Fsp3) is 0.333. The number of carbonyl (C=O) groups is 1. The first-order chi connectivity index (χ1) is 11.3. The van der Waals surface area contributed by atoms with Crippen LogP contribution in [0.4, 0.5) is 0 Å². The summed E-state index contributed by atoms with van der Waals surface area (Å²) in [7, 11) is -3.61. The van der Waals surface area contributed by atoms with Gasteiger partial charge in [0.1, 0.15) is 0 Å². The third-order valence-electron chi connectivity index (χ3n) is 3.48. The van der Waals surface area contributed by atoms with Crippen molar-refractivity contribution in [2.45, 2.75) is 25.2 Å². The molecule has 0 bridgehead atoms. The minimum atomic E-state index is -3.61. The van der Waals surface area contributed by atoms with Gasteiger partial charge in [-0.25, -0.2) is 13.1 Å². The molecule has 2 aromatic rings. The van der Waals surface area contributed by atoms with E-state index in [-0.39, 0.29) is 30.3 Å². The van der Waals surface area contributed by atoms with Crippen LogP contribution in [-0.4, -0.2) is 37.6 Å². The van der Waals surface area contributed by atoms with Gasteiger partial charge in [-0.15, -0.1) is 0 Å². The summed E-state index contributed by atoms with van der Waals surface area (Å²) in [6.45, 7) is 3.97. The largest absolute Gasteiger partial charge is 0.354 e. The molecule has 24 heavy (non-hydrogen) atoms. The minimum Gasteiger partial charge on any atom is -0.354 e. The molecule has 2 rings (SSSR count). The Hall–Kier alpha value is -1.90. The fourth-order valence-electron chi connectivity index (χ4n) is 2.14. The molecule has 1 aromatic heterocycles. The lowest BCUT2D eigenvalue weighted by Crippen LogP contribution is -2.35. The van der Waals surface area contributed by atoms with E-state index in [0.717, 1.165) is 17.0 Å². The SMILES string of the molecule is Cc1n[nH]c(C)c1CC(=O)NCCNS(=O)(=O)c1ccc(Cl)cc1. The molecule has 0 atom stereocenters. The van der Waals surface area contributed by atoms with Crippen molar-refractivity contribution in [3.05, 3.63) is 46.2 Å². The number of carbonyl (C=O) groups excluding carboxylic acids is 1. The summed E-state index contributed by atoms with van der Waals surface area (Å²) in [5, 5.41) is 10.00. The Balaban J connectivity index is 1.80. The number of halogens is 1. The topological polar surface area (TPSA) is 104 Å². The maximum atomic E-state index is 12.1. The summed E-state index contributed by atoms with van der Waals surface area (Å²) in [5.74, 6) is -0.187. The molecule has 9 heteroatoms. The van der Waals surface area contributed by atoms with Crippen molar-refractivity contribution in [1.82, 2.24) is 20.2 Å². The van der Waals surface area contributed by atoms with Crippen molar-refractivity contribution in [3.63, 3.8) is 0 Å². The van der Waals surface area contributed by atoms with Crippen LogP contribution in [0.2, 0.25) is 5.02 Å². The molecule has 3 N–H and O–H groups in total. The zero-order valence-electron chi connectivity index (χ0n) is 13.4. The molecule has 130 valence electrons. The normalized spacial score (nSPS) is 11.5. The van der Waals surface area contributed by atoms with Gasteiger partial charge in [0.2, 0.25) is 15.9 Å². The molecule has 0 saturated carbocycles. The fourth-order valence-corrected chi connectivity index (χ4v) is 3.30. The molecule has 1 aromatic carbocycles. The highest BCUT2D eigenvalue weighted by Gasteiger charge is 2.14. The van der Waals surface area contributed by atoms with Crippen LogP contribution in [0.3, 0.4) is 0 Å². The van der Waals surface area contributed by atoms with Gasteiger partial charge in [0.15, 0.2) is 0 Å². The zero-order valence-corrected chi connectivity index (χ0v) is 15.0. The van der Waals surface area contributed by atoms with E-state index in [0.29, 0.717) is 5.02 Å². The molecule has 1 amide bonds. The third kappa shape index (κ3) is 4.80. The Labute approximate surface area is 145 Å². The second kappa shape index (κ2) is 7.78. The minimum absolute atomic E-state index is 0.0973. The van der Waals surface area contributed by atoms with E-state index < -0.39 is 10.0 Å². The number of sulfonamides is 1. The maximum Gasteiger partial charge on any atom is 0.240 e. The molecule has 0 radical (unpaired) electrons. The molecule has 0 spiro atoms. The number of aromatic nitrogens is 2. The van der Waals surface area contributed by atoms with Crippen molar-refractivity contribution in [2.24, 2.45) is 0 Å². The van der Waals surface area contributed by atoms with Gasteiger partial charge in [0.05, 0.1) is 17.0 Å². The highest BCUT2D eigenvalue weighted by Crippen LogP contribution is 2.13. The van der Waals surface area contributed by atoms with Crippen LogP contribution in [-0.2, 0) is 21.2 Å². The lowest BCUT2D eigenvalue weighted by molar-refractivity contribution is -0.120. The maximum absolute atomic E-state index is 12.1. The number of benzene rings is 1. The van der Waals surface area contributed by atoms with Gasteiger partial charge in [0.25, 0.3) is 0 Å². The average Bonchev–Trinajstić information content (AvgIpc) is 2.84. The molecular weight excluding hydrogens is 352 g/mol. The van der Waals surface area contributed by atoms with E-state index in [2.05, 4.69) is 20.2 Å². The van der Waals surface area contributed by atoms with E-state index in [4.69, 9.17) is 11.6 Å². The molecule has 0 aliphatic heterocycles. The second-order valence-electron chi connectivity index (χ2n) is 5.29. The van der Waals surface area contributed by atoms with Crippen LogP contribution in [0, 0.1) is 13.8 Å². The number of amides is 1. The molecule has 7 nitrogen and oxygen atoms in total. The van der Waals surface area contributed by atoms with Crippen molar-refractivity contribution in [2.75, 3.05) is 13.1 Å². The quantitative estimate of drug-likeness (QED) is 0.639. The van der Waals surface area contributed by atoms with Crippen molar-refractivity contribution in [3.8, 4) is 0 Å². The summed E-state index contributed by atoms with van der Waals surface area (Å²) < 4.78 is 26.5. The Bertz CT molecular complexity index is 796. The zero-order chi connectivity index (χ0) is 17.7. The Morgan fingerprint density at radius 3 is 2.46 bits per heavy atom. The predicted molar refractivity (Wildman–Crippen MR) is 91.4 cm³/mol. The molecule has 0 unspecified atom stereocenters. The summed E-state index contributed by atoms with van der Waals surface area (Å²) in [4.78, 5) is 12.0. The predicted octanol–water partition coefficient (Wildman–Crippen LogP) is 1.32. The van der Waals surface area contributed by atoms with E-state index in [9.17, 15) is 13.2 Å². The van der Waals surface area contributed by atoms with Crippen molar-refractivity contribution >= 4 is 27.5 Å². The number of nitrogens with zero attached hydrogens (tertiary/aromatic N) is 1. The van der Waals surface area contributed by atoms with Gasteiger partial charge in [-0.1, -0.05) is 11.6 Å². The second-order valence-corrected chi connectivity index (χ2v) is 7.49. The summed E-state index contributed by atoms with van der Waals surface area (Å²) in [6, 6.07) is 5.86. The lowest BCUT2D eigenvalue weighted by Gasteiger charge is -2.08. The van der Waals surface area contributed by atoms with E-state index in [1.807, 2.05) is 13.8 Å². The summed E-state index contributed by atoms with van der Waals surface area (Å²) in [5.41, 5.74) is 2.49. The van der Waals surface area contributed by atoms with Crippen LogP contribution < -0.4 is 10.0 Å². The van der Waals surface area contributed by atoms with Crippen molar-refractivity contribution < 1.29 is 13.2 Å². The number of aromatic amines is 1. The average molecular weight is 371 g/mol. The van der Waals surface area contributed by atoms with E-state index >= 15 is 0 Å². The highest BCUT2D eigenvalue weighted by atomic mass is 35.5. The number of rotatable bonds is 7. The number of H-pyrrole nitrogens is 1. The van der Waals surface area contributed by atoms with Crippen molar-refractivity contribution in [1.29, 1.82) is 0 Å². The van der Waals surface area contributed by atoms with Crippen LogP contribution in [0.5, 0.6) is 0 Å². The van der Waals surface area contributed by atoms with Gasteiger partial charge in [0, 0.05) is 29.4 Å². The molecule has 0 fully saturated rings. The number of nitrogens with one attached hydrogen (secondary N) is 3. The first kappa shape index (κ1) is 18.4. The van der Waals surface area contributed by atoms with Gasteiger partial charge >= 0.3 is 0 Å². The smallest absolute Gasteiger partial charge is 0.240 e. The Kier molecular flexibility index (Phi) is 5.98. The molecular formula is C15H19ClN4O3S. The summed E-state index contributed by atoms with van der Waals surface area (Å²) >= 11 is 5.73. The van der Waals surface area contributed by atoms with Gasteiger partial charge in [-0.3, -0.25) is 9.89 Å². The standard InChI is InChI=1S/C15H19ClN4O3S/c1-10-14(11(2)20-19-10)9-15(21)17-7-8-18-24(22,23)13-5-3-12(16)4-6-13/h3-6,18H,7-9H2,1-2H3,(H,17,21)(H,19,20). The summed E-state index contributed by atoms with van der Waals surface area (Å²) in [6.07, 6.45) is 0.206. The molecule has 0 aliphatic carbocycles. The van der Waals surface area contributed by atoms with Crippen LogP contribution >= 0.6 is 11.6 Å². The first-order valence-electron chi connectivity index (χ1n) is 7.32. The number of hydrogen-bond acceptors (Lipinski definition) is 4. The van der Waals surface area contributed by atoms with Crippen LogP contribution in [0.1, 0.15) is 17.0 Å². The third-order valence-corrected chi connectivity index (χ3v) is 5.21. The van der Waals surface area contributed by atoms with Crippen LogP contribution in [0.25, 0.3) is 0 Å². The number of aryl methyl sites for hydroxylation is 2. The molecule has 0 aliphatic rings. The van der Waals surface area contributed by atoms with Crippen LogP contribution in [0.15, 0.2) is 29.2 Å². The number of hydrogen-bond donors (Lipinski definition) is 3. The van der Waals surface area contributed by atoms with Gasteiger partial charge < -0.3 is 5.32 Å². The van der Waals surface area contributed by atoms with Gasteiger partial charge in [-0.2, -0.15) is 5.10 Å². The highest BCUT2D eigenvalue weighted by molar-refractivity contribution is 7.89. The lowest BCUT2D eigenvalue weighted by atomic mass is 10.1. The van der Waals surface area contributed by atoms with E-state index in [1.165, 1.54) is 24.3 Å². The van der Waals surface area contributed by atoms with E-state index in [1.54, 1.807) is 0 Å². The monoisotopic (exact) mass is 370 g/mol.